The number of carbonyl (C=O) groups excluding carboxylic acids is 2. The third-order valence-corrected chi connectivity index (χ3v) is 8.83. The number of imidazole rings is 1. The summed E-state index contributed by atoms with van der Waals surface area (Å²) in [6.07, 6.45) is 4.32. The number of rotatable bonds is 4. The van der Waals surface area contributed by atoms with Crippen LogP contribution in [0.3, 0.4) is 0 Å². The molecular formula is C27H35N7O8S. The summed E-state index contributed by atoms with van der Waals surface area (Å²) in [6, 6.07) is 4.21. The van der Waals surface area contributed by atoms with Gasteiger partial charge in [-0.25, -0.2) is 18.2 Å². The lowest BCUT2D eigenvalue weighted by molar-refractivity contribution is -0.130. The summed E-state index contributed by atoms with van der Waals surface area (Å²) in [5, 5.41) is 5.44. The molecule has 2 N–H and O–H groups in total. The molecule has 232 valence electrons. The molecule has 1 atom stereocenters. The molecular weight excluding hydrogens is 582 g/mol. The van der Waals surface area contributed by atoms with Crippen LogP contribution in [0.5, 0.6) is 11.5 Å². The molecule has 4 rings (SSSR count). The molecule has 43 heavy (non-hydrogen) atoms. The van der Waals surface area contributed by atoms with Crippen molar-refractivity contribution in [2.75, 3.05) is 33.4 Å². The van der Waals surface area contributed by atoms with Gasteiger partial charge in [0.05, 0.1) is 13.7 Å². The summed E-state index contributed by atoms with van der Waals surface area (Å²) in [6.45, 7) is 2.80. The Morgan fingerprint density at radius 2 is 1.86 bits per heavy atom. The van der Waals surface area contributed by atoms with Gasteiger partial charge in [-0.05, 0) is 24.1 Å². The van der Waals surface area contributed by atoms with Crippen LogP contribution in [0, 0.1) is 5.92 Å². The zero-order valence-electron chi connectivity index (χ0n) is 24.6. The normalized spacial score (nSPS) is 17.4. The molecule has 15 nitrogen and oxygen atoms in total. The Labute approximate surface area is 248 Å². The van der Waals surface area contributed by atoms with Gasteiger partial charge in [0.1, 0.15) is 18.5 Å². The zero-order valence-corrected chi connectivity index (χ0v) is 25.4. The molecule has 2 aromatic heterocycles. The topological polar surface area (TPSA) is 176 Å². The summed E-state index contributed by atoms with van der Waals surface area (Å²) in [5.41, 5.74) is -1.07. The number of carbonyl (C=O) groups is 2. The van der Waals surface area contributed by atoms with Gasteiger partial charge in [0.25, 0.3) is 15.6 Å². The van der Waals surface area contributed by atoms with Gasteiger partial charge in [-0.1, -0.05) is 13.8 Å². The van der Waals surface area contributed by atoms with Gasteiger partial charge in [0, 0.05) is 57.9 Å². The van der Waals surface area contributed by atoms with E-state index >= 15 is 0 Å². The average molecular weight is 618 g/mol. The number of methoxy groups -OCH3 is 1. The molecule has 1 aliphatic heterocycles. The summed E-state index contributed by atoms with van der Waals surface area (Å²) >= 11 is 0. The van der Waals surface area contributed by atoms with E-state index in [-0.39, 0.29) is 25.6 Å². The number of hydrogen-bond acceptors (Lipinski definition) is 9. The number of hydrogen-bond donors (Lipinski definition) is 2. The largest absolute Gasteiger partial charge is 0.493 e. The molecule has 0 aliphatic carbocycles. The van der Waals surface area contributed by atoms with E-state index in [9.17, 15) is 27.6 Å². The van der Waals surface area contributed by atoms with E-state index in [0.717, 1.165) is 22.1 Å². The van der Waals surface area contributed by atoms with Crippen molar-refractivity contribution in [2.45, 2.75) is 31.3 Å². The maximum Gasteiger partial charge on any atom is 0.330 e. The van der Waals surface area contributed by atoms with Gasteiger partial charge in [0.2, 0.25) is 11.8 Å². The Morgan fingerprint density at radius 3 is 2.56 bits per heavy atom. The third kappa shape index (κ3) is 6.64. The van der Waals surface area contributed by atoms with Crippen LogP contribution in [0.2, 0.25) is 0 Å². The fourth-order valence-electron chi connectivity index (χ4n) is 4.64. The second kappa shape index (κ2) is 12.8. The molecule has 0 radical (unpaired) electrons. The molecule has 1 aromatic carbocycles. The van der Waals surface area contributed by atoms with E-state index in [1.807, 2.05) is 4.57 Å². The van der Waals surface area contributed by atoms with Crippen LogP contribution in [0.1, 0.15) is 13.8 Å². The quantitative estimate of drug-likeness (QED) is 0.383. The number of benzene rings is 1. The van der Waals surface area contributed by atoms with Crippen molar-refractivity contribution < 1.29 is 27.5 Å². The fourth-order valence-corrected chi connectivity index (χ4v) is 6.16. The number of nitrogens with one attached hydrogen (secondary N) is 2. The molecule has 2 bridgehead atoms. The molecule has 2 amide bonds. The van der Waals surface area contributed by atoms with Crippen LogP contribution in [-0.4, -0.2) is 82.6 Å². The molecule has 0 saturated heterocycles. The van der Waals surface area contributed by atoms with Crippen LogP contribution in [-0.2, 0) is 40.3 Å². The highest BCUT2D eigenvalue weighted by Gasteiger charge is 2.32. The van der Waals surface area contributed by atoms with Crippen molar-refractivity contribution in [2.24, 2.45) is 20.0 Å². The summed E-state index contributed by atoms with van der Waals surface area (Å²) in [5.74, 6) is -0.244. The molecule has 3 aromatic rings. The minimum absolute atomic E-state index is 0.233. The highest BCUT2D eigenvalue weighted by Crippen LogP contribution is 2.32. The summed E-state index contributed by atoms with van der Waals surface area (Å²) < 4.78 is 43.2. The Kier molecular flexibility index (Phi) is 9.40. The molecule has 0 fully saturated rings. The van der Waals surface area contributed by atoms with Crippen molar-refractivity contribution in [3.8, 4) is 22.9 Å². The number of aryl methyl sites for hydroxylation is 1. The first-order valence-electron chi connectivity index (χ1n) is 13.5. The van der Waals surface area contributed by atoms with E-state index in [0.29, 0.717) is 34.0 Å². The fraction of sp³-hybridized carbons (Fsp3) is 0.444. The smallest absolute Gasteiger partial charge is 0.330 e. The first-order chi connectivity index (χ1) is 20.3. The second-order valence-electron chi connectivity index (χ2n) is 10.3. The van der Waals surface area contributed by atoms with Crippen molar-refractivity contribution in [1.82, 2.24) is 33.6 Å². The van der Waals surface area contributed by atoms with E-state index in [2.05, 4.69) is 15.6 Å². The van der Waals surface area contributed by atoms with E-state index in [1.54, 1.807) is 44.4 Å². The number of ether oxygens (including phenoxy) is 2. The van der Waals surface area contributed by atoms with E-state index in [1.165, 1.54) is 14.2 Å². The Morgan fingerprint density at radius 1 is 1.12 bits per heavy atom. The van der Waals surface area contributed by atoms with Gasteiger partial charge < -0.3 is 29.2 Å². The molecule has 3 heterocycles. The predicted octanol–water partition coefficient (Wildman–Crippen LogP) is -0.704. The minimum Gasteiger partial charge on any atom is -0.493 e. The first kappa shape index (κ1) is 31.5. The van der Waals surface area contributed by atoms with Gasteiger partial charge in [-0.3, -0.25) is 19.0 Å². The van der Waals surface area contributed by atoms with Crippen LogP contribution in [0.4, 0.5) is 0 Å². The van der Waals surface area contributed by atoms with Crippen LogP contribution in [0.25, 0.3) is 11.4 Å². The highest BCUT2D eigenvalue weighted by molar-refractivity contribution is 7.89. The third-order valence-electron chi connectivity index (χ3n) is 7.01. The average Bonchev–Trinajstić information content (AvgIpc) is 3.43. The Bertz CT molecular complexity index is 1740. The van der Waals surface area contributed by atoms with Crippen molar-refractivity contribution in [3.63, 3.8) is 0 Å². The zero-order chi connectivity index (χ0) is 31.5. The number of nitrogens with zero attached hydrogens (tertiary/aromatic N) is 5. The number of sulfonamides is 1. The van der Waals surface area contributed by atoms with Gasteiger partial charge in [0.15, 0.2) is 16.4 Å². The standard InChI is InChI=1S/C27H35N7O8S/c1-17(2)23-25(36)29-9-11-33-10-8-28-24(33)18-6-7-19(41-5)20(14-18)42-13-12-34(16-22(35)30-23)43(39,40)21-15-31(3)27(38)32(4)26(21)37/h6-8,10,14-15,17,23H,9,11-13,16H2,1-5H3,(H,29,36)(H,30,35)/t23-/m1/s1. The predicted molar refractivity (Wildman–Crippen MR) is 155 cm³/mol. The Balaban J connectivity index is 1.77. The van der Waals surface area contributed by atoms with Gasteiger partial charge >= 0.3 is 5.69 Å². The number of aromatic nitrogens is 4. The maximum atomic E-state index is 13.8. The second-order valence-corrected chi connectivity index (χ2v) is 12.2. The maximum absolute atomic E-state index is 13.8. The van der Waals surface area contributed by atoms with Crippen molar-refractivity contribution in [3.05, 3.63) is 57.6 Å². The van der Waals surface area contributed by atoms with Crippen molar-refractivity contribution >= 4 is 21.8 Å². The highest BCUT2D eigenvalue weighted by atomic mass is 32.2. The van der Waals surface area contributed by atoms with Gasteiger partial charge in [-0.2, -0.15) is 4.31 Å². The number of fused-ring (bicyclic) bond motifs is 4. The van der Waals surface area contributed by atoms with Crippen molar-refractivity contribution in [1.29, 1.82) is 0 Å². The van der Waals surface area contributed by atoms with Crippen LogP contribution in [0.15, 0.2) is 51.3 Å². The number of amides is 2. The lowest BCUT2D eigenvalue weighted by Gasteiger charge is -2.25. The molecule has 1 aliphatic rings. The molecule has 16 heteroatoms. The van der Waals surface area contributed by atoms with Crippen LogP contribution >= 0.6 is 0 Å². The molecule has 0 unspecified atom stereocenters. The Hall–Kier alpha value is -4.44. The minimum atomic E-state index is -4.63. The summed E-state index contributed by atoms with van der Waals surface area (Å²) in [7, 11) is -0.696. The monoisotopic (exact) mass is 617 g/mol. The summed E-state index contributed by atoms with van der Waals surface area (Å²) in [4.78, 5) is 55.1. The molecule has 0 spiro atoms. The molecule has 0 saturated carbocycles. The van der Waals surface area contributed by atoms with Crippen LogP contribution < -0.4 is 31.4 Å². The lowest BCUT2D eigenvalue weighted by Crippen LogP contribution is -2.53. The van der Waals surface area contributed by atoms with E-state index < -0.39 is 50.6 Å². The lowest BCUT2D eigenvalue weighted by atomic mass is 10.0. The SMILES string of the molecule is COc1ccc2cc1OCCN(S(=O)(=O)c1cn(C)c(=O)n(C)c1=O)CC(=O)N[C@H](C(C)C)C(=O)NCCn1ccnc1-2. The van der Waals surface area contributed by atoms with E-state index in [4.69, 9.17) is 9.47 Å². The van der Waals surface area contributed by atoms with Gasteiger partial charge in [-0.15, -0.1) is 0 Å². The first-order valence-corrected chi connectivity index (χ1v) is 15.0.